The molecule has 2 fully saturated rings. The number of aromatic nitrogens is 2. The Balaban J connectivity index is 1.45. The summed E-state index contributed by atoms with van der Waals surface area (Å²) in [4.78, 5) is 6.95. The minimum Gasteiger partial charge on any atom is -0.354 e. The Bertz CT molecular complexity index is 350. The van der Waals surface area contributed by atoms with Crippen molar-refractivity contribution in [2.24, 2.45) is 0 Å². The second-order valence-electron chi connectivity index (χ2n) is 5.22. The van der Waals surface area contributed by atoms with Crippen LogP contribution in [-0.4, -0.2) is 40.6 Å². The highest BCUT2D eigenvalue weighted by atomic mass is 15.2. The van der Waals surface area contributed by atoms with Crippen LogP contribution in [-0.2, 0) is 0 Å². The summed E-state index contributed by atoms with van der Waals surface area (Å²) in [6, 6.07) is 0.718. The molecule has 17 heavy (non-hydrogen) atoms. The third-order valence-electron chi connectivity index (χ3n) is 3.77. The quantitative estimate of drug-likeness (QED) is 0.847. The Hall–Kier alpha value is -1.03. The Labute approximate surface area is 103 Å². The Kier molecular flexibility index (Phi) is 3.31. The predicted octanol–water partition coefficient (Wildman–Crippen LogP) is 2.12. The molecule has 94 valence electrons. The first kappa shape index (κ1) is 11.1. The number of imidazole rings is 1. The van der Waals surface area contributed by atoms with Gasteiger partial charge in [-0.05, 0) is 38.8 Å². The Morgan fingerprint density at radius 1 is 1.24 bits per heavy atom. The molecule has 1 saturated carbocycles. The third-order valence-corrected chi connectivity index (χ3v) is 3.77. The van der Waals surface area contributed by atoms with E-state index < -0.39 is 0 Å². The monoisotopic (exact) mass is 234 g/mol. The van der Waals surface area contributed by atoms with Crippen molar-refractivity contribution in [2.75, 3.05) is 31.5 Å². The highest BCUT2D eigenvalue weighted by Crippen LogP contribution is 2.36. The van der Waals surface area contributed by atoms with Crippen LogP contribution in [0.3, 0.4) is 0 Å². The highest BCUT2D eigenvalue weighted by Gasteiger charge is 2.25. The van der Waals surface area contributed by atoms with Gasteiger partial charge in [-0.15, -0.1) is 0 Å². The minimum atomic E-state index is 0.718. The van der Waals surface area contributed by atoms with Crippen LogP contribution in [0.1, 0.15) is 38.1 Å². The average Bonchev–Trinajstić information content (AvgIpc) is 3.11. The SMILES string of the molecule is c1cn(C2CC2)c(NCCN2CCCCC2)n1. The van der Waals surface area contributed by atoms with Crippen LogP contribution < -0.4 is 5.32 Å². The summed E-state index contributed by atoms with van der Waals surface area (Å²) in [6.07, 6.45) is 10.8. The molecule has 4 heteroatoms. The summed E-state index contributed by atoms with van der Waals surface area (Å²) in [6.45, 7) is 4.72. The van der Waals surface area contributed by atoms with Gasteiger partial charge < -0.3 is 14.8 Å². The molecule has 0 spiro atoms. The van der Waals surface area contributed by atoms with Crippen molar-refractivity contribution in [2.45, 2.75) is 38.1 Å². The summed E-state index contributed by atoms with van der Waals surface area (Å²) in [5, 5.41) is 3.47. The fourth-order valence-corrected chi connectivity index (χ4v) is 2.61. The van der Waals surface area contributed by atoms with E-state index in [1.165, 1.54) is 45.2 Å². The van der Waals surface area contributed by atoms with Crippen molar-refractivity contribution in [1.29, 1.82) is 0 Å². The predicted molar refractivity (Wildman–Crippen MR) is 69.3 cm³/mol. The molecule has 1 aliphatic heterocycles. The maximum atomic E-state index is 4.39. The zero-order chi connectivity index (χ0) is 11.5. The second kappa shape index (κ2) is 5.08. The molecule has 2 aliphatic rings. The molecule has 0 bridgehead atoms. The molecule has 1 aliphatic carbocycles. The van der Waals surface area contributed by atoms with Gasteiger partial charge in [-0.25, -0.2) is 4.98 Å². The maximum Gasteiger partial charge on any atom is 0.203 e. The zero-order valence-corrected chi connectivity index (χ0v) is 10.4. The van der Waals surface area contributed by atoms with Gasteiger partial charge >= 0.3 is 0 Å². The van der Waals surface area contributed by atoms with Crippen molar-refractivity contribution in [3.05, 3.63) is 12.4 Å². The lowest BCUT2D eigenvalue weighted by molar-refractivity contribution is 0.237. The lowest BCUT2D eigenvalue weighted by atomic mass is 10.1. The van der Waals surface area contributed by atoms with Gasteiger partial charge in [0.2, 0.25) is 5.95 Å². The number of rotatable bonds is 5. The number of piperidine rings is 1. The average molecular weight is 234 g/mol. The summed E-state index contributed by atoms with van der Waals surface area (Å²) in [5.74, 6) is 1.06. The summed E-state index contributed by atoms with van der Waals surface area (Å²) >= 11 is 0. The smallest absolute Gasteiger partial charge is 0.203 e. The molecule has 1 N–H and O–H groups in total. The molecule has 2 heterocycles. The first-order chi connectivity index (χ1) is 8.43. The van der Waals surface area contributed by atoms with Gasteiger partial charge in [0, 0.05) is 31.5 Å². The first-order valence-electron chi connectivity index (χ1n) is 6.92. The number of hydrogen-bond acceptors (Lipinski definition) is 3. The summed E-state index contributed by atoms with van der Waals surface area (Å²) in [5.41, 5.74) is 0. The maximum absolute atomic E-state index is 4.39. The summed E-state index contributed by atoms with van der Waals surface area (Å²) < 4.78 is 2.29. The van der Waals surface area contributed by atoms with Crippen LogP contribution in [0.15, 0.2) is 12.4 Å². The molecule has 0 atom stereocenters. The van der Waals surface area contributed by atoms with Crippen molar-refractivity contribution < 1.29 is 0 Å². The van der Waals surface area contributed by atoms with E-state index in [1.807, 2.05) is 6.20 Å². The van der Waals surface area contributed by atoms with E-state index in [0.29, 0.717) is 0 Å². The topological polar surface area (TPSA) is 33.1 Å². The number of nitrogens with zero attached hydrogens (tertiary/aromatic N) is 3. The molecule has 3 rings (SSSR count). The number of likely N-dealkylation sites (tertiary alicyclic amines) is 1. The van der Waals surface area contributed by atoms with E-state index in [1.54, 1.807) is 0 Å². The van der Waals surface area contributed by atoms with Gasteiger partial charge in [-0.1, -0.05) is 6.42 Å². The van der Waals surface area contributed by atoms with E-state index in [2.05, 4.69) is 26.0 Å². The number of anilines is 1. The molecule has 0 radical (unpaired) electrons. The second-order valence-corrected chi connectivity index (χ2v) is 5.22. The van der Waals surface area contributed by atoms with Crippen molar-refractivity contribution in [1.82, 2.24) is 14.5 Å². The van der Waals surface area contributed by atoms with E-state index in [-0.39, 0.29) is 0 Å². The molecular formula is C13H22N4. The van der Waals surface area contributed by atoms with Crippen LogP contribution in [0.25, 0.3) is 0 Å². The fourth-order valence-electron chi connectivity index (χ4n) is 2.61. The molecule has 1 aromatic rings. The minimum absolute atomic E-state index is 0.718. The molecule has 4 nitrogen and oxygen atoms in total. The molecule has 1 aromatic heterocycles. The van der Waals surface area contributed by atoms with Gasteiger partial charge in [0.05, 0.1) is 0 Å². The van der Waals surface area contributed by atoms with Crippen LogP contribution in [0.5, 0.6) is 0 Å². The molecular weight excluding hydrogens is 212 g/mol. The zero-order valence-electron chi connectivity index (χ0n) is 10.4. The van der Waals surface area contributed by atoms with E-state index in [4.69, 9.17) is 0 Å². The normalized spacial score (nSPS) is 21.6. The standard InChI is InChI=1S/C13H22N4/c1-2-8-16(9-3-1)10-6-14-13-15-7-11-17(13)12-4-5-12/h7,11-12H,1-6,8-10H2,(H,14,15). The van der Waals surface area contributed by atoms with Gasteiger partial charge in [0.15, 0.2) is 0 Å². The fraction of sp³-hybridized carbons (Fsp3) is 0.769. The lowest BCUT2D eigenvalue weighted by Gasteiger charge is -2.26. The van der Waals surface area contributed by atoms with Gasteiger partial charge in [0.1, 0.15) is 0 Å². The number of nitrogens with one attached hydrogen (secondary N) is 1. The van der Waals surface area contributed by atoms with Crippen LogP contribution in [0.4, 0.5) is 5.95 Å². The van der Waals surface area contributed by atoms with Crippen molar-refractivity contribution >= 4 is 5.95 Å². The summed E-state index contributed by atoms with van der Waals surface area (Å²) in [7, 11) is 0. The highest BCUT2D eigenvalue weighted by molar-refractivity contribution is 5.27. The van der Waals surface area contributed by atoms with Crippen LogP contribution >= 0.6 is 0 Å². The third kappa shape index (κ3) is 2.80. The first-order valence-corrected chi connectivity index (χ1v) is 6.92. The van der Waals surface area contributed by atoms with Crippen molar-refractivity contribution in [3.8, 4) is 0 Å². The molecule has 1 saturated heterocycles. The van der Waals surface area contributed by atoms with Gasteiger partial charge in [0.25, 0.3) is 0 Å². The van der Waals surface area contributed by atoms with Crippen LogP contribution in [0.2, 0.25) is 0 Å². The Morgan fingerprint density at radius 2 is 2.06 bits per heavy atom. The van der Waals surface area contributed by atoms with Gasteiger partial charge in [-0.2, -0.15) is 0 Å². The van der Waals surface area contributed by atoms with Crippen molar-refractivity contribution in [3.63, 3.8) is 0 Å². The molecule has 0 amide bonds. The van der Waals surface area contributed by atoms with Crippen LogP contribution in [0, 0.1) is 0 Å². The lowest BCUT2D eigenvalue weighted by Crippen LogP contribution is -2.34. The van der Waals surface area contributed by atoms with Gasteiger partial charge in [-0.3, -0.25) is 0 Å². The molecule has 0 unspecified atom stereocenters. The van der Waals surface area contributed by atoms with E-state index in [9.17, 15) is 0 Å². The number of hydrogen-bond donors (Lipinski definition) is 1. The largest absolute Gasteiger partial charge is 0.354 e. The van der Waals surface area contributed by atoms with E-state index >= 15 is 0 Å². The Morgan fingerprint density at radius 3 is 2.82 bits per heavy atom. The van der Waals surface area contributed by atoms with E-state index in [0.717, 1.165) is 25.1 Å². The molecule has 0 aromatic carbocycles.